The van der Waals surface area contributed by atoms with Crippen LogP contribution in [0.2, 0.25) is 0 Å². The summed E-state index contributed by atoms with van der Waals surface area (Å²) in [6, 6.07) is 5.04. The number of alkyl carbamates (subject to hydrolysis) is 1. The van der Waals surface area contributed by atoms with Gasteiger partial charge in [0.2, 0.25) is 0 Å². The van der Waals surface area contributed by atoms with Crippen molar-refractivity contribution < 1.29 is 18.8 Å². The van der Waals surface area contributed by atoms with Gasteiger partial charge in [0.05, 0.1) is 11.2 Å². The number of amides is 1. The number of carbonyl (C=O) groups is 1. The van der Waals surface area contributed by atoms with Gasteiger partial charge in [-0.25, -0.2) is 9.78 Å². The lowest BCUT2D eigenvalue weighted by atomic mass is 9.59. The van der Waals surface area contributed by atoms with Crippen molar-refractivity contribution in [1.82, 2.24) is 10.3 Å². The zero-order valence-corrected chi connectivity index (χ0v) is 21.4. The van der Waals surface area contributed by atoms with Crippen molar-refractivity contribution in [1.29, 1.82) is 0 Å². The van der Waals surface area contributed by atoms with E-state index in [9.17, 15) is 4.79 Å². The van der Waals surface area contributed by atoms with E-state index in [1.54, 1.807) is 0 Å². The average molecular weight is 467 g/mol. The Bertz CT molecular complexity index is 981. The molecule has 184 valence electrons. The fraction of sp³-hybridized carbons (Fsp3) is 0.769. The number of carbonyl (C=O) groups excluding carboxylic acids is 1. The van der Waals surface area contributed by atoms with Gasteiger partial charge in [-0.3, -0.25) is 0 Å². The molecule has 7 rings (SSSR count). The molecule has 1 N–H and O–H groups in total. The van der Waals surface area contributed by atoms with Crippen molar-refractivity contribution in [3.63, 3.8) is 0 Å². The van der Waals surface area contributed by atoms with E-state index in [0.29, 0.717) is 23.9 Å². The zero-order chi connectivity index (χ0) is 24.1. The second kappa shape index (κ2) is 7.13. The third-order valence-electron chi connectivity index (χ3n) is 9.41. The number of ether oxygens (including phenoxy) is 1. The highest BCUT2D eigenvalue weighted by atomic mass is 16.7. The van der Waals surface area contributed by atoms with Gasteiger partial charge < -0.3 is 24.3 Å². The molecular formula is C26H38BN3O4. The maximum Gasteiger partial charge on any atom is 0.496 e. The molecule has 6 fully saturated rings. The van der Waals surface area contributed by atoms with Crippen LogP contribution >= 0.6 is 0 Å². The molecule has 34 heavy (non-hydrogen) atoms. The number of hydrogen-bond donors (Lipinski definition) is 1. The van der Waals surface area contributed by atoms with E-state index in [1.165, 1.54) is 12.8 Å². The topological polar surface area (TPSA) is 72.9 Å². The lowest BCUT2D eigenvalue weighted by Crippen LogP contribution is -2.69. The monoisotopic (exact) mass is 467 g/mol. The lowest BCUT2D eigenvalue weighted by molar-refractivity contribution is -0.154. The van der Waals surface area contributed by atoms with Gasteiger partial charge in [0.1, 0.15) is 11.4 Å². The van der Waals surface area contributed by atoms with Crippen molar-refractivity contribution in [3.05, 3.63) is 18.3 Å². The maximum atomic E-state index is 12.6. The summed E-state index contributed by atoms with van der Waals surface area (Å²) in [7, 11) is -0.351. The molecule has 5 atom stereocenters. The van der Waals surface area contributed by atoms with Gasteiger partial charge in [0, 0.05) is 29.3 Å². The molecule has 3 saturated heterocycles. The normalized spacial score (nSPS) is 42.4. The molecule has 0 radical (unpaired) electrons. The number of anilines is 1. The van der Waals surface area contributed by atoms with E-state index in [-0.39, 0.29) is 30.0 Å². The molecule has 6 aliphatic rings. The Morgan fingerprint density at radius 3 is 2.41 bits per heavy atom. The fourth-order valence-electron chi connectivity index (χ4n) is 7.76. The number of pyridine rings is 1. The third-order valence-corrected chi connectivity index (χ3v) is 9.41. The van der Waals surface area contributed by atoms with Gasteiger partial charge in [0.15, 0.2) is 0 Å². The highest BCUT2D eigenvalue weighted by molar-refractivity contribution is 6.62. The van der Waals surface area contributed by atoms with Gasteiger partial charge in [0.25, 0.3) is 0 Å². The Balaban J connectivity index is 1.16. The number of aromatic nitrogens is 1. The molecule has 0 spiro atoms. The fourth-order valence-corrected chi connectivity index (χ4v) is 7.76. The molecule has 8 heteroatoms. The van der Waals surface area contributed by atoms with Crippen LogP contribution in [0.3, 0.4) is 0 Å². The van der Waals surface area contributed by atoms with Crippen LogP contribution in [-0.4, -0.2) is 52.6 Å². The predicted molar refractivity (Wildman–Crippen MR) is 131 cm³/mol. The van der Waals surface area contributed by atoms with Crippen LogP contribution in [0.15, 0.2) is 18.3 Å². The summed E-state index contributed by atoms with van der Waals surface area (Å²) in [5.41, 5.74) is -0.0848. The predicted octanol–water partition coefficient (Wildman–Crippen LogP) is 3.80. The summed E-state index contributed by atoms with van der Waals surface area (Å²) in [6.07, 6.45) is 7.97. The highest BCUT2D eigenvalue weighted by Crippen LogP contribution is 2.56. The van der Waals surface area contributed by atoms with E-state index >= 15 is 0 Å². The molecule has 4 bridgehead atoms. The van der Waals surface area contributed by atoms with Crippen LogP contribution in [0.1, 0.15) is 80.1 Å². The first-order chi connectivity index (χ1) is 15.9. The number of rotatable bonds is 3. The van der Waals surface area contributed by atoms with Crippen LogP contribution < -0.4 is 15.7 Å². The summed E-state index contributed by atoms with van der Waals surface area (Å²) >= 11 is 0. The second-order valence-corrected chi connectivity index (χ2v) is 13.0. The van der Waals surface area contributed by atoms with Crippen LogP contribution in [0.4, 0.5) is 10.6 Å². The van der Waals surface area contributed by atoms with Crippen molar-refractivity contribution in [2.45, 2.75) is 114 Å². The van der Waals surface area contributed by atoms with E-state index < -0.39 is 5.60 Å². The van der Waals surface area contributed by atoms with Gasteiger partial charge in [-0.05, 0) is 91.0 Å². The summed E-state index contributed by atoms with van der Waals surface area (Å²) in [6.45, 7) is 12.3. The molecule has 1 aromatic rings. The maximum absolute atomic E-state index is 12.6. The van der Waals surface area contributed by atoms with Gasteiger partial charge >= 0.3 is 13.2 Å². The molecule has 1 aromatic heterocycles. The zero-order valence-electron chi connectivity index (χ0n) is 21.4. The van der Waals surface area contributed by atoms with Gasteiger partial charge in [-0.2, -0.15) is 0 Å². The van der Waals surface area contributed by atoms with E-state index in [2.05, 4.69) is 43.1 Å². The second-order valence-electron chi connectivity index (χ2n) is 13.0. The number of piperidine rings is 2. The Morgan fingerprint density at radius 1 is 1.15 bits per heavy atom. The van der Waals surface area contributed by atoms with Gasteiger partial charge in [-0.1, -0.05) is 13.0 Å². The van der Waals surface area contributed by atoms with Crippen LogP contribution in [0.5, 0.6) is 0 Å². The summed E-state index contributed by atoms with van der Waals surface area (Å²) < 4.78 is 18.3. The molecule has 7 nitrogen and oxygen atoms in total. The number of nitrogens with one attached hydrogen (secondary N) is 1. The molecule has 5 unspecified atom stereocenters. The first-order valence-electron chi connectivity index (χ1n) is 13.0. The quantitative estimate of drug-likeness (QED) is 0.682. The first kappa shape index (κ1) is 22.7. The largest absolute Gasteiger partial charge is 0.496 e. The first-order valence-corrected chi connectivity index (χ1v) is 13.0. The SMILES string of the molecule is CC1CC2(C)OB(c3ccc(N4C5CC6CC4CC(NC(=O)OC(C)(C)C)(C6)C5)nc3)OC12C. The van der Waals surface area contributed by atoms with Crippen LogP contribution in [0.25, 0.3) is 0 Å². The minimum atomic E-state index is -0.483. The Labute approximate surface area is 203 Å². The van der Waals surface area contributed by atoms with E-state index in [4.69, 9.17) is 19.0 Å². The molecule has 0 aromatic carbocycles. The molecular weight excluding hydrogens is 429 g/mol. The van der Waals surface area contributed by atoms with E-state index in [0.717, 1.165) is 37.0 Å². The summed E-state index contributed by atoms with van der Waals surface area (Å²) in [5, 5.41) is 3.28. The number of fused-ring (bicyclic) bond motifs is 1. The molecule has 4 heterocycles. The van der Waals surface area contributed by atoms with Crippen molar-refractivity contribution in [3.8, 4) is 0 Å². The summed E-state index contributed by atoms with van der Waals surface area (Å²) in [5.74, 6) is 2.18. The average Bonchev–Trinajstić information content (AvgIpc) is 2.92. The molecule has 3 saturated carbocycles. The van der Waals surface area contributed by atoms with Gasteiger partial charge in [-0.15, -0.1) is 0 Å². The highest BCUT2D eigenvalue weighted by Gasteiger charge is 2.67. The standard InChI is InChI=1S/C26H38BN3O4/c1-16-11-24(5)25(16,6)34-27(33-24)18-7-8-21(28-15-18)30-19-9-17-10-20(30)14-26(12-17,13-19)29-22(31)32-23(2,3)4/h7-8,15-17,19-20H,9-14H2,1-6H3,(H,29,31). The Morgan fingerprint density at radius 2 is 1.85 bits per heavy atom. The summed E-state index contributed by atoms with van der Waals surface area (Å²) in [4.78, 5) is 20.0. The lowest BCUT2D eigenvalue weighted by Gasteiger charge is -2.61. The molecule has 3 aliphatic carbocycles. The van der Waals surface area contributed by atoms with Crippen LogP contribution in [-0.2, 0) is 14.0 Å². The number of hydrogen-bond acceptors (Lipinski definition) is 6. The minimum Gasteiger partial charge on any atom is -0.444 e. The minimum absolute atomic E-state index is 0.151. The third kappa shape index (κ3) is 3.39. The van der Waals surface area contributed by atoms with Crippen molar-refractivity contribution in [2.24, 2.45) is 11.8 Å². The van der Waals surface area contributed by atoms with Crippen molar-refractivity contribution >= 4 is 24.5 Å². The molecule has 1 amide bonds. The van der Waals surface area contributed by atoms with Crippen LogP contribution in [0, 0.1) is 11.8 Å². The number of nitrogens with zero attached hydrogens (tertiary/aromatic N) is 2. The molecule has 3 aliphatic heterocycles. The Kier molecular flexibility index (Phi) is 4.75. The smallest absolute Gasteiger partial charge is 0.444 e. The van der Waals surface area contributed by atoms with Crippen molar-refractivity contribution in [2.75, 3.05) is 4.90 Å². The Hall–Kier alpha value is -1.80. The van der Waals surface area contributed by atoms with E-state index in [1.807, 2.05) is 27.0 Å².